The number of rotatable bonds is 5. The van der Waals surface area contributed by atoms with Gasteiger partial charge in [-0.05, 0) is 12.1 Å². The highest BCUT2D eigenvalue weighted by Crippen LogP contribution is 2.30. The lowest BCUT2D eigenvalue weighted by atomic mass is 10.2. The fourth-order valence-corrected chi connectivity index (χ4v) is 1.64. The molecule has 15 heavy (non-hydrogen) atoms. The average molecular weight is 227 g/mol. The fraction of sp³-hybridized carbons (Fsp3) is 0.455. The Labute approximate surface area is 96.4 Å². The van der Waals surface area contributed by atoms with Crippen molar-refractivity contribution in [3.8, 4) is 11.5 Å². The van der Waals surface area contributed by atoms with E-state index in [0.29, 0.717) is 0 Å². The molecular formula is C11H17NO2S. The fourth-order valence-electron chi connectivity index (χ4n) is 1.34. The first kappa shape index (κ1) is 12.0. The zero-order valence-electron chi connectivity index (χ0n) is 9.36. The zero-order chi connectivity index (χ0) is 11.3. The molecule has 0 aromatic heterocycles. The van der Waals surface area contributed by atoms with Gasteiger partial charge in [0.2, 0.25) is 0 Å². The van der Waals surface area contributed by atoms with Gasteiger partial charge in [0.05, 0.1) is 14.2 Å². The smallest absolute Gasteiger partial charge is 0.162 e. The molecule has 1 aromatic rings. The number of ether oxygens (including phenoxy) is 2. The van der Waals surface area contributed by atoms with E-state index in [1.165, 1.54) is 0 Å². The molecule has 84 valence electrons. The maximum absolute atomic E-state index is 5.23. The second-order valence-corrected chi connectivity index (χ2v) is 3.63. The second kappa shape index (κ2) is 5.75. The third-order valence-corrected chi connectivity index (χ3v) is 2.44. The minimum Gasteiger partial charge on any atom is -0.493 e. The molecule has 3 nitrogen and oxygen atoms in total. The topological polar surface area (TPSA) is 21.7 Å². The van der Waals surface area contributed by atoms with Gasteiger partial charge in [-0.15, -0.1) is 0 Å². The molecule has 0 saturated heterocycles. The Bertz CT molecular complexity index is 317. The van der Waals surface area contributed by atoms with E-state index in [1.54, 1.807) is 14.2 Å². The van der Waals surface area contributed by atoms with Crippen molar-refractivity contribution in [2.45, 2.75) is 0 Å². The van der Waals surface area contributed by atoms with Gasteiger partial charge in [-0.3, -0.25) is 0 Å². The van der Waals surface area contributed by atoms with Gasteiger partial charge in [-0.2, -0.15) is 12.6 Å². The largest absolute Gasteiger partial charge is 0.493 e. The van der Waals surface area contributed by atoms with Crippen LogP contribution in [-0.2, 0) is 0 Å². The summed E-state index contributed by atoms with van der Waals surface area (Å²) in [5, 5.41) is 0. The molecule has 0 atom stereocenters. The summed E-state index contributed by atoms with van der Waals surface area (Å²) >= 11 is 4.20. The van der Waals surface area contributed by atoms with E-state index in [4.69, 9.17) is 9.47 Å². The molecule has 0 heterocycles. The van der Waals surface area contributed by atoms with Crippen molar-refractivity contribution in [3.05, 3.63) is 18.2 Å². The highest BCUT2D eigenvalue weighted by molar-refractivity contribution is 7.80. The predicted molar refractivity (Wildman–Crippen MR) is 66.7 cm³/mol. The minimum absolute atomic E-state index is 0.750. The number of thiol groups is 1. The Morgan fingerprint density at radius 1 is 1.20 bits per heavy atom. The monoisotopic (exact) mass is 227 g/mol. The van der Waals surface area contributed by atoms with E-state index in [2.05, 4.69) is 17.5 Å². The number of nitrogens with zero attached hydrogens (tertiary/aromatic N) is 1. The van der Waals surface area contributed by atoms with Crippen LogP contribution in [0.2, 0.25) is 0 Å². The molecule has 0 aliphatic heterocycles. The standard InChI is InChI=1S/C11H17NO2S/c1-12(6-7-15)9-4-5-10(13-2)11(8-9)14-3/h4-5,8,15H,6-7H2,1-3H3. The molecule has 0 aliphatic rings. The van der Waals surface area contributed by atoms with Crippen LogP contribution in [0.15, 0.2) is 18.2 Å². The predicted octanol–water partition coefficient (Wildman–Crippen LogP) is 2.07. The van der Waals surface area contributed by atoms with Crippen LogP contribution in [0, 0.1) is 0 Å². The Balaban J connectivity index is 2.92. The quantitative estimate of drug-likeness (QED) is 0.778. The lowest BCUT2D eigenvalue weighted by Crippen LogP contribution is -2.19. The molecule has 0 saturated carbocycles. The van der Waals surface area contributed by atoms with Crippen LogP contribution in [-0.4, -0.2) is 33.6 Å². The van der Waals surface area contributed by atoms with Crippen molar-refractivity contribution in [2.75, 3.05) is 38.5 Å². The molecular weight excluding hydrogens is 210 g/mol. The summed E-state index contributed by atoms with van der Waals surface area (Å²) in [6, 6.07) is 5.87. The number of benzene rings is 1. The maximum Gasteiger partial charge on any atom is 0.162 e. The van der Waals surface area contributed by atoms with Crippen LogP contribution in [0.1, 0.15) is 0 Å². The number of hydrogen-bond donors (Lipinski definition) is 1. The van der Waals surface area contributed by atoms with Gasteiger partial charge in [-0.1, -0.05) is 0 Å². The van der Waals surface area contributed by atoms with Gasteiger partial charge in [-0.25, -0.2) is 0 Å². The van der Waals surface area contributed by atoms with Gasteiger partial charge < -0.3 is 14.4 Å². The molecule has 0 radical (unpaired) electrons. The van der Waals surface area contributed by atoms with Gasteiger partial charge in [0.1, 0.15) is 0 Å². The van der Waals surface area contributed by atoms with E-state index >= 15 is 0 Å². The van der Waals surface area contributed by atoms with Crippen molar-refractivity contribution < 1.29 is 9.47 Å². The first-order chi connectivity index (χ1) is 7.22. The number of anilines is 1. The third-order valence-electron chi connectivity index (χ3n) is 2.24. The number of hydrogen-bond acceptors (Lipinski definition) is 4. The van der Waals surface area contributed by atoms with E-state index in [1.807, 2.05) is 25.2 Å². The molecule has 0 bridgehead atoms. The maximum atomic E-state index is 5.23. The lowest BCUT2D eigenvalue weighted by molar-refractivity contribution is 0.355. The molecule has 0 N–H and O–H groups in total. The van der Waals surface area contributed by atoms with Crippen LogP contribution < -0.4 is 14.4 Å². The Morgan fingerprint density at radius 3 is 2.40 bits per heavy atom. The van der Waals surface area contributed by atoms with E-state index in [9.17, 15) is 0 Å². The van der Waals surface area contributed by atoms with Crippen LogP contribution in [0.5, 0.6) is 11.5 Å². The van der Waals surface area contributed by atoms with Crippen LogP contribution in [0.25, 0.3) is 0 Å². The van der Waals surface area contributed by atoms with Crippen LogP contribution >= 0.6 is 12.6 Å². The second-order valence-electron chi connectivity index (χ2n) is 3.18. The first-order valence-electron chi connectivity index (χ1n) is 4.77. The van der Waals surface area contributed by atoms with Gasteiger partial charge in [0, 0.05) is 31.1 Å². The third kappa shape index (κ3) is 2.96. The normalized spacial score (nSPS) is 9.87. The summed E-state index contributed by atoms with van der Waals surface area (Å²) in [7, 11) is 5.30. The summed E-state index contributed by atoms with van der Waals surface area (Å²) < 4.78 is 10.4. The van der Waals surface area contributed by atoms with Crippen molar-refractivity contribution in [3.63, 3.8) is 0 Å². The Kier molecular flexibility index (Phi) is 4.62. The summed E-state index contributed by atoms with van der Waals surface area (Å²) in [5.74, 6) is 2.33. The molecule has 1 aromatic carbocycles. The average Bonchev–Trinajstić information content (AvgIpc) is 2.28. The number of methoxy groups -OCH3 is 2. The van der Waals surface area contributed by atoms with Crippen molar-refractivity contribution in [1.29, 1.82) is 0 Å². The highest BCUT2D eigenvalue weighted by atomic mass is 32.1. The Morgan fingerprint density at radius 2 is 1.87 bits per heavy atom. The molecule has 0 fully saturated rings. The SMILES string of the molecule is COc1ccc(N(C)CCS)cc1OC. The Hall–Kier alpha value is -1.03. The molecule has 0 spiro atoms. The van der Waals surface area contributed by atoms with Crippen LogP contribution in [0.3, 0.4) is 0 Å². The molecule has 4 heteroatoms. The summed E-state index contributed by atoms with van der Waals surface area (Å²) in [6.07, 6.45) is 0. The van der Waals surface area contributed by atoms with Crippen molar-refractivity contribution in [2.24, 2.45) is 0 Å². The van der Waals surface area contributed by atoms with Crippen molar-refractivity contribution >= 4 is 18.3 Å². The van der Waals surface area contributed by atoms with Crippen molar-refractivity contribution in [1.82, 2.24) is 0 Å². The molecule has 0 amide bonds. The van der Waals surface area contributed by atoms with Crippen LogP contribution in [0.4, 0.5) is 5.69 Å². The minimum atomic E-state index is 0.750. The van der Waals surface area contributed by atoms with E-state index in [0.717, 1.165) is 29.5 Å². The van der Waals surface area contributed by atoms with E-state index in [-0.39, 0.29) is 0 Å². The lowest BCUT2D eigenvalue weighted by Gasteiger charge is -2.19. The molecule has 0 aliphatic carbocycles. The van der Waals surface area contributed by atoms with Gasteiger partial charge in [0.15, 0.2) is 11.5 Å². The first-order valence-corrected chi connectivity index (χ1v) is 5.40. The molecule has 0 unspecified atom stereocenters. The molecule has 1 rings (SSSR count). The highest BCUT2D eigenvalue weighted by Gasteiger charge is 2.06. The van der Waals surface area contributed by atoms with E-state index < -0.39 is 0 Å². The van der Waals surface area contributed by atoms with Gasteiger partial charge in [0.25, 0.3) is 0 Å². The summed E-state index contributed by atoms with van der Waals surface area (Å²) in [5.41, 5.74) is 1.10. The van der Waals surface area contributed by atoms with Gasteiger partial charge >= 0.3 is 0 Å². The summed E-state index contributed by atoms with van der Waals surface area (Å²) in [4.78, 5) is 2.12. The zero-order valence-corrected chi connectivity index (χ0v) is 10.3. The summed E-state index contributed by atoms with van der Waals surface area (Å²) in [6.45, 7) is 0.901.